The van der Waals surface area contributed by atoms with Gasteiger partial charge in [-0.15, -0.1) is 11.8 Å². The summed E-state index contributed by atoms with van der Waals surface area (Å²) in [6, 6.07) is 6.64. The SMILES string of the molecule is CC(C)Sc1ccccc1C(=O)NCC(F)(F)F. The van der Waals surface area contributed by atoms with Gasteiger partial charge in [0.05, 0.1) is 5.56 Å². The molecule has 1 N–H and O–H groups in total. The summed E-state index contributed by atoms with van der Waals surface area (Å²) >= 11 is 1.44. The Kier molecular flexibility index (Phi) is 5.07. The van der Waals surface area contributed by atoms with E-state index in [9.17, 15) is 18.0 Å². The molecule has 0 heterocycles. The fraction of sp³-hybridized carbons (Fsp3) is 0.417. The fourth-order valence-electron chi connectivity index (χ4n) is 1.29. The van der Waals surface area contributed by atoms with Crippen LogP contribution in [-0.2, 0) is 0 Å². The van der Waals surface area contributed by atoms with E-state index in [0.29, 0.717) is 4.90 Å². The van der Waals surface area contributed by atoms with Crippen LogP contribution in [0.25, 0.3) is 0 Å². The number of alkyl halides is 3. The molecule has 0 aliphatic rings. The molecule has 18 heavy (non-hydrogen) atoms. The average Bonchev–Trinajstić information content (AvgIpc) is 2.25. The number of thioether (sulfide) groups is 1. The molecule has 0 saturated heterocycles. The lowest BCUT2D eigenvalue weighted by molar-refractivity contribution is -0.123. The van der Waals surface area contributed by atoms with Crippen LogP contribution < -0.4 is 5.32 Å². The van der Waals surface area contributed by atoms with E-state index in [1.165, 1.54) is 17.8 Å². The van der Waals surface area contributed by atoms with Crippen molar-refractivity contribution < 1.29 is 18.0 Å². The van der Waals surface area contributed by atoms with Crippen molar-refractivity contribution in [1.29, 1.82) is 0 Å². The first kappa shape index (κ1) is 14.9. The van der Waals surface area contributed by atoms with Gasteiger partial charge in [0.15, 0.2) is 0 Å². The van der Waals surface area contributed by atoms with Crippen molar-refractivity contribution in [3.8, 4) is 0 Å². The summed E-state index contributed by atoms with van der Waals surface area (Å²) in [5.41, 5.74) is 0.278. The second kappa shape index (κ2) is 6.13. The quantitative estimate of drug-likeness (QED) is 0.854. The highest BCUT2D eigenvalue weighted by Gasteiger charge is 2.28. The molecule has 0 saturated carbocycles. The monoisotopic (exact) mass is 277 g/mol. The van der Waals surface area contributed by atoms with Gasteiger partial charge >= 0.3 is 6.18 Å². The molecular weight excluding hydrogens is 263 g/mol. The number of nitrogens with one attached hydrogen (secondary N) is 1. The van der Waals surface area contributed by atoms with Gasteiger partial charge in [-0.1, -0.05) is 26.0 Å². The number of hydrogen-bond donors (Lipinski definition) is 1. The van der Waals surface area contributed by atoms with Gasteiger partial charge < -0.3 is 5.32 Å². The van der Waals surface area contributed by atoms with E-state index in [1.807, 2.05) is 19.2 Å². The maximum atomic E-state index is 12.0. The van der Waals surface area contributed by atoms with Crippen molar-refractivity contribution in [2.45, 2.75) is 30.2 Å². The Labute approximate surface area is 108 Å². The van der Waals surface area contributed by atoms with Gasteiger partial charge in [-0.05, 0) is 12.1 Å². The second-order valence-corrected chi connectivity index (χ2v) is 5.58. The van der Waals surface area contributed by atoms with E-state index in [1.54, 1.807) is 18.2 Å². The van der Waals surface area contributed by atoms with Crippen LogP contribution in [0.4, 0.5) is 13.2 Å². The Morgan fingerprint density at radius 1 is 1.33 bits per heavy atom. The number of benzene rings is 1. The van der Waals surface area contributed by atoms with Crippen molar-refractivity contribution in [3.05, 3.63) is 29.8 Å². The molecule has 6 heteroatoms. The Morgan fingerprint density at radius 3 is 2.50 bits per heavy atom. The topological polar surface area (TPSA) is 29.1 Å². The molecule has 0 fully saturated rings. The van der Waals surface area contributed by atoms with Gasteiger partial charge in [0.1, 0.15) is 6.54 Å². The van der Waals surface area contributed by atoms with Crippen LogP contribution in [0.5, 0.6) is 0 Å². The lowest BCUT2D eigenvalue weighted by Gasteiger charge is -2.12. The molecule has 0 bridgehead atoms. The molecule has 1 aromatic rings. The second-order valence-electron chi connectivity index (χ2n) is 3.96. The van der Waals surface area contributed by atoms with E-state index in [-0.39, 0.29) is 10.8 Å². The summed E-state index contributed by atoms with van der Waals surface area (Å²) < 4.78 is 36.1. The van der Waals surface area contributed by atoms with Crippen LogP contribution in [0.3, 0.4) is 0 Å². The van der Waals surface area contributed by atoms with Crippen molar-refractivity contribution in [1.82, 2.24) is 5.32 Å². The number of amides is 1. The third-order valence-electron chi connectivity index (χ3n) is 1.94. The van der Waals surface area contributed by atoms with Gasteiger partial charge in [0.2, 0.25) is 0 Å². The van der Waals surface area contributed by atoms with Crippen LogP contribution in [-0.4, -0.2) is 23.9 Å². The molecule has 1 aromatic carbocycles. The summed E-state index contributed by atoms with van der Waals surface area (Å²) in [5, 5.41) is 2.13. The largest absolute Gasteiger partial charge is 0.405 e. The maximum absolute atomic E-state index is 12.0. The minimum absolute atomic E-state index is 0.251. The molecule has 2 nitrogen and oxygen atoms in total. The van der Waals surface area contributed by atoms with E-state index in [0.717, 1.165) is 0 Å². The Morgan fingerprint density at radius 2 is 1.94 bits per heavy atom. The summed E-state index contributed by atoms with van der Waals surface area (Å²) in [4.78, 5) is 12.4. The standard InChI is InChI=1S/C12H14F3NOS/c1-8(2)18-10-6-4-3-5-9(10)11(17)16-7-12(13,14)15/h3-6,8H,7H2,1-2H3,(H,16,17). The molecule has 100 valence electrons. The van der Waals surface area contributed by atoms with Crippen molar-refractivity contribution in [3.63, 3.8) is 0 Å². The van der Waals surface area contributed by atoms with E-state index < -0.39 is 18.6 Å². The van der Waals surface area contributed by atoms with Crippen LogP contribution >= 0.6 is 11.8 Å². The summed E-state index contributed by atoms with van der Waals surface area (Å²) in [6.45, 7) is 2.59. The zero-order chi connectivity index (χ0) is 13.8. The Hall–Kier alpha value is -1.17. The molecule has 0 aliphatic carbocycles. The van der Waals surface area contributed by atoms with Crippen molar-refractivity contribution in [2.24, 2.45) is 0 Å². The molecule has 0 atom stereocenters. The Bertz CT molecular complexity index is 418. The lowest BCUT2D eigenvalue weighted by atomic mass is 10.2. The number of carbonyl (C=O) groups excluding carboxylic acids is 1. The summed E-state index contributed by atoms with van der Waals surface area (Å²) in [5.74, 6) is -0.698. The molecule has 0 unspecified atom stereocenters. The van der Waals surface area contributed by atoms with Gasteiger partial charge in [-0.25, -0.2) is 0 Å². The molecule has 0 aromatic heterocycles. The van der Waals surface area contributed by atoms with Crippen LogP contribution in [0.15, 0.2) is 29.2 Å². The van der Waals surface area contributed by atoms with Gasteiger partial charge in [-0.3, -0.25) is 4.79 Å². The normalized spacial score (nSPS) is 11.7. The van der Waals surface area contributed by atoms with Gasteiger partial charge in [-0.2, -0.15) is 13.2 Å². The highest BCUT2D eigenvalue weighted by atomic mass is 32.2. The first-order chi connectivity index (χ1) is 8.29. The highest BCUT2D eigenvalue weighted by Crippen LogP contribution is 2.26. The maximum Gasteiger partial charge on any atom is 0.405 e. The number of halogens is 3. The molecular formula is C12H14F3NOS. The summed E-state index contributed by atoms with van der Waals surface area (Å²) in [6.07, 6.45) is -4.39. The van der Waals surface area contributed by atoms with Gasteiger partial charge in [0.25, 0.3) is 5.91 Å². The fourth-order valence-corrected chi connectivity index (χ4v) is 2.24. The zero-order valence-electron chi connectivity index (χ0n) is 10.0. The van der Waals surface area contributed by atoms with Crippen LogP contribution in [0, 0.1) is 0 Å². The molecule has 0 radical (unpaired) electrons. The van der Waals surface area contributed by atoms with Crippen molar-refractivity contribution in [2.75, 3.05) is 6.54 Å². The van der Waals surface area contributed by atoms with E-state index in [4.69, 9.17) is 0 Å². The highest BCUT2D eigenvalue weighted by molar-refractivity contribution is 8.00. The number of carbonyl (C=O) groups is 1. The van der Waals surface area contributed by atoms with Crippen molar-refractivity contribution >= 4 is 17.7 Å². The predicted molar refractivity (Wildman–Crippen MR) is 65.8 cm³/mol. The third-order valence-corrected chi connectivity index (χ3v) is 3.03. The third kappa shape index (κ3) is 5.00. The molecule has 0 spiro atoms. The molecule has 1 amide bonds. The molecule has 0 aliphatic heterocycles. The lowest BCUT2D eigenvalue weighted by Crippen LogP contribution is -2.33. The van der Waals surface area contributed by atoms with E-state index in [2.05, 4.69) is 0 Å². The Balaban J connectivity index is 2.79. The predicted octanol–water partition coefficient (Wildman–Crippen LogP) is 3.48. The smallest absolute Gasteiger partial charge is 0.343 e. The van der Waals surface area contributed by atoms with E-state index >= 15 is 0 Å². The number of rotatable bonds is 4. The van der Waals surface area contributed by atoms with Crippen LogP contribution in [0.1, 0.15) is 24.2 Å². The average molecular weight is 277 g/mol. The molecule has 1 rings (SSSR count). The minimum atomic E-state index is -4.39. The minimum Gasteiger partial charge on any atom is -0.343 e. The zero-order valence-corrected chi connectivity index (χ0v) is 10.9. The summed E-state index contributed by atoms with van der Waals surface area (Å²) in [7, 11) is 0. The van der Waals surface area contributed by atoms with Crippen LogP contribution in [0.2, 0.25) is 0 Å². The number of hydrogen-bond acceptors (Lipinski definition) is 2. The first-order valence-electron chi connectivity index (χ1n) is 5.40. The first-order valence-corrected chi connectivity index (χ1v) is 6.28. The van der Waals surface area contributed by atoms with Gasteiger partial charge in [0, 0.05) is 10.1 Å².